The van der Waals surface area contributed by atoms with Crippen molar-refractivity contribution in [2.75, 3.05) is 5.75 Å². The van der Waals surface area contributed by atoms with Gasteiger partial charge in [-0.05, 0) is 37.1 Å². The fourth-order valence-corrected chi connectivity index (χ4v) is 3.69. The Morgan fingerprint density at radius 3 is 2.35 bits per heavy atom. The van der Waals surface area contributed by atoms with Gasteiger partial charge in [-0.2, -0.15) is 0 Å². The lowest BCUT2D eigenvalue weighted by Crippen LogP contribution is -2.39. The lowest BCUT2D eigenvalue weighted by Gasteiger charge is -2.22. The molecule has 0 spiro atoms. The molecule has 2 rings (SSSR count). The molecule has 1 aromatic rings. The van der Waals surface area contributed by atoms with E-state index in [1.54, 1.807) is 0 Å². The molecule has 0 aromatic heterocycles. The van der Waals surface area contributed by atoms with Gasteiger partial charge >= 0.3 is 0 Å². The van der Waals surface area contributed by atoms with Crippen LogP contribution in [0.3, 0.4) is 0 Å². The highest BCUT2D eigenvalue weighted by Gasteiger charge is 2.22. The van der Waals surface area contributed by atoms with Crippen LogP contribution in [0.5, 0.6) is 0 Å². The minimum Gasteiger partial charge on any atom is -0.352 e. The van der Waals surface area contributed by atoms with Crippen LogP contribution in [0.1, 0.15) is 32.1 Å². The summed E-state index contributed by atoms with van der Waals surface area (Å²) in [4.78, 5) is 12.0. The van der Waals surface area contributed by atoms with Crippen LogP contribution >= 0.6 is 11.6 Å². The molecular formula is C14H18ClNO3S. The Morgan fingerprint density at radius 2 is 1.75 bits per heavy atom. The summed E-state index contributed by atoms with van der Waals surface area (Å²) in [6.45, 7) is 0. The number of rotatable bonds is 4. The van der Waals surface area contributed by atoms with Gasteiger partial charge in [0.15, 0.2) is 9.84 Å². The first-order chi connectivity index (χ1) is 9.47. The van der Waals surface area contributed by atoms with Gasteiger partial charge in [-0.15, -0.1) is 0 Å². The van der Waals surface area contributed by atoms with Gasteiger partial charge in [0.2, 0.25) is 5.91 Å². The number of carbonyl (C=O) groups is 1. The van der Waals surface area contributed by atoms with Crippen LogP contribution in [-0.2, 0) is 14.6 Å². The fraction of sp³-hybridized carbons (Fsp3) is 0.500. The van der Waals surface area contributed by atoms with E-state index in [4.69, 9.17) is 11.6 Å². The SMILES string of the molecule is O=C(CS(=O)(=O)c1ccc(Cl)cc1)NC1CCCCC1. The second-order valence-electron chi connectivity index (χ2n) is 5.12. The Morgan fingerprint density at radius 1 is 1.15 bits per heavy atom. The topological polar surface area (TPSA) is 63.2 Å². The highest BCUT2D eigenvalue weighted by Crippen LogP contribution is 2.18. The van der Waals surface area contributed by atoms with Crippen molar-refractivity contribution in [1.29, 1.82) is 0 Å². The lowest BCUT2D eigenvalue weighted by molar-refractivity contribution is -0.119. The largest absolute Gasteiger partial charge is 0.352 e. The molecule has 0 atom stereocenters. The summed E-state index contributed by atoms with van der Waals surface area (Å²) in [5.74, 6) is -0.933. The molecule has 110 valence electrons. The molecule has 4 nitrogen and oxygen atoms in total. The minimum atomic E-state index is -3.60. The van der Waals surface area contributed by atoms with Crippen LogP contribution in [0, 0.1) is 0 Å². The Kier molecular flexibility index (Phi) is 5.05. The van der Waals surface area contributed by atoms with Crippen LogP contribution in [0.25, 0.3) is 0 Å². The summed E-state index contributed by atoms with van der Waals surface area (Å²) in [6.07, 6.45) is 5.25. The maximum atomic E-state index is 12.1. The van der Waals surface area contributed by atoms with Gasteiger partial charge in [0.25, 0.3) is 0 Å². The van der Waals surface area contributed by atoms with E-state index >= 15 is 0 Å². The fourth-order valence-electron chi connectivity index (χ4n) is 2.41. The minimum absolute atomic E-state index is 0.122. The molecule has 1 saturated carbocycles. The summed E-state index contributed by atoms with van der Waals surface area (Å²) in [6, 6.07) is 5.98. The van der Waals surface area contributed by atoms with Crippen molar-refractivity contribution in [1.82, 2.24) is 5.32 Å². The predicted octanol–water partition coefficient (Wildman–Crippen LogP) is 2.56. The van der Waals surface area contributed by atoms with Crippen molar-refractivity contribution in [2.45, 2.75) is 43.0 Å². The van der Waals surface area contributed by atoms with Gasteiger partial charge < -0.3 is 5.32 Å². The number of amides is 1. The second kappa shape index (κ2) is 6.59. The Balaban J connectivity index is 1.97. The van der Waals surface area contributed by atoms with Gasteiger partial charge in [0, 0.05) is 11.1 Å². The predicted molar refractivity (Wildman–Crippen MR) is 78.5 cm³/mol. The molecule has 0 bridgehead atoms. The standard InChI is InChI=1S/C14H18ClNO3S/c15-11-6-8-13(9-7-11)20(18,19)10-14(17)16-12-4-2-1-3-5-12/h6-9,12H,1-5,10H2,(H,16,17). The zero-order valence-electron chi connectivity index (χ0n) is 11.1. The van der Waals surface area contributed by atoms with E-state index in [-0.39, 0.29) is 10.9 Å². The third-order valence-corrected chi connectivity index (χ3v) is 5.35. The van der Waals surface area contributed by atoms with Crippen molar-refractivity contribution < 1.29 is 13.2 Å². The lowest BCUT2D eigenvalue weighted by atomic mass is 9.95. The third kappa shape index (κ3) is 4.21. The number of nitrogens with one attached hydrogen (secondary N) is 1. The number of sulfone groups is 1. The summed E-state index contributed by atoms with van der Waals surface area (Å²) in [7, 11) is -3.60. The molecule has 1 aromatic carbocycles. The van der Waals surface area contributed by atoms with Crippen molar-refractivity contribution in [3.8, 4) is 0 Å². The van der Waals surface area contributed by atoms with Gasteiger partial charge in [0.05, 0.1) is 4.90 Å². The van der Waals surface area contributed by atoms with Crippen molar-refractivity contribution in [2.24, 2.45) is 0 Å². The summed E-state index contributed by atoms with van der Waals surface area (Å²) in [5.41, 5.74) is 0. The quantitative estimate of drug-likeness (QED) is 0.928. The molecule has 0 aliphatic heterocycles. The van der Waals surface area contributed by atoms with Crippen LogP contribution in [0.2, 0.25) is 5.02 Å². The second-order valence-corrected chi connectivity index (χ2v) is 7.54. The van der Waals surface area contributed by atoms with Gasteiger partial charge in [-0.3, -0.25) is 4.79 Å². The number of hydrogen-bond acceptors (Lipinski definition) is 3. The van der Waals surface area contributed by atoms with Gasteiger partial charge in [-0.1, -0.05) is 30.9 Å². The van der Waals surface area contributed by atoms with Crippen LogP contribution in [0.4, 0.5) is 0 Å². The number of benzene rings is 1. The van der Waals surface area contributed by atoms with E-state index in [9.17, 15) is 13.2 Å². The molecule has 0 unspecified atom stereocenters. The zero-order chi connectivity index (χ0) is 14.6. The van der Waals surface area contributed by atoms with Gasteiger partial charge in [-0.25, -0.2) is 8.42 Å². The number of hydrogen-bond donors (Lipinski definition) is 1. The van der Waals surface area contributed by atoms with E-state index in [1.165, 1.54) is 30.7 Å². The highest BCUT2D eigenvalue weighted by molar-refractivity contribution is 7.92. The van der Waals surface area contributed by atoms with E-state index in [0.717, 1.165) is 25.7 Å². The summed E-state index contributed by atoms with van der Waals surface area (Å²) < 4.78 is 24.2. The molecule has 1 aliphatic carbocycles. The van der Waals surface area contributed by atoms with Crippen molar-refractivity contribution >= 4 is 27.3 Å². The molecule has 1 aliphatic rings. The van der Waals surface area contributed by atoms with Gasteiger partial charge in [0.1, 0.15) is 5.75 Å². The Labute approximate surface area is 124 Å². The average Bonchev–Trinajstić information content (AvgIpc) is 2.39. The molecular weight excluding hydrogens is 298 g/mol. The first-order valence-corrected chi connectivity index (χ1v) is 8.78. The zero-order valence-corrected chi connectivity index (χ0v) is 12.7. The maximum Gasteiger partial charge on any atom is 0.235 e. The van der Waals surface area contributed by atoms with E-state index in [2.05, 4.69) is 5.32 Å². The number of carbonyl (C=O) groups excluding carboxylic acids is 1. The van der Waals surface area contributed by atoms with Crippen molar-refractivity contribution in [3.63, 3.8) is 0 Å². The third-order valence-electron chi connectivity index (χ3n) is 3.46. The van der Waals surface area contributed by atoms with E-state index < -0.39 is 21.5 Å². The van der Waals surface area contributed by atoms with E-state index in [1.807, 2.05) is 0 Å². The molecule has 1 amide bonds. The van der Waals surface area contributed by atoms with Crippen molar-refractivity contribution in [3.05, 3.63) is 29.3 Å². The molecule has 6 heteroatoms. The van der Waals surface area contributed by atoms with E-state index in [0.29, 0.717) is 5.02 Å². The smallest absolute Gasteiger partial charge is 0.235 e. The number of halogens is 1. The molecule has 0 radical (unpaired) electrons. The summed E-state index contributed by atoms with van der Waals surface area (Å²) in [5, 5.41) is 3.28. The Hall–Kier alpha value is -1.07. The first kappa shape index (κ1) is 15.3. The molecule has 1 N–H and O–H groups in total. The summed E-state index contributed by atoms with van der Waals surface area (Å²) >= 11 is 5.72. The molecule has 0 saturated heterocycles. The molecule has 1 fully saturated rings. The molecule has 0 heterocycles. The highest BCUT2D eigenvalue weighted by atomic mass is 35.5. The van der Waals surface area contributed by atoms with Crippen LogP contribution < -0.4 is 5.32 Å². The Bertz CT molecular complexity index is 563. The maximum absolute atomic E-state index is 12.1. The van der Waals surface area contributed by atoms with Crippen LogP contribution in [-0.4, -0.2) is 26.1 Å². The molecule has 20 heavy (non-hydrogen) atoms. The average molecular weight is 316 g/mol. The first-order valence-electron chi connectivity index (χ1n) is 6.75. The normalized spacial score (nSPS) is 16.9. The monoisotopic (exact) mass is 315 g/mol. The van der Waals surface area contributed by atoms with Crippen LogP contribution in [0.15, 0.2) is 29.2 Å².